The van der Waals surface area contributed by atoms with Crippen LogP contribution in [0.2, 0.25) is 0 Å². The minimum atomic E-state index is 0. The fourth-order valence-electron chi connectivity index (χ4n) is 3.73. The summed E-state index contributed by atoms with van der Waals surface area (Å²) in [6.07, 6.45) is 1.98. The Balaban J connectivity index is 0.00000320. The molecule has 5 nitrogen and oxygen atoms in total. The molecule has 0 atom stereocenters. The number of hydrogen-bond donors (Lipinski definition) is 2. The molecule has 3 rings (SSSR count). The van der Waals surface area contributed by atoms with Gasteiger partial charge in [-0.3, -0.25) is 0 Å². The SMILES string of the molecule is CCNC(=NCc1ccc(C)cc1)NCC1(c2ccc(OC)cc2)CCOCC1.I. The summed E-state index contributed by atoms with van der Waals surface area (Å²) in [5, 5.41) is 6.97. The maximum absolute atomic E-state index is 5.66. The Bertz CT molecular complexity index is 785. The van der Waals surface area contributed by atoms with Crippen LogP contribution in [0.1, 0.15) is 36.5 Å². The van der Waals surface area contributed by atoms with Crippen LogP contribution in [0.15, 0.2) is 53.5 Å². The maximum Gasteiger partial charge on any atom is 0.191 e. The maximum atomic E-state index is 5.66. The van der Waals surface area contributed by atoms with Gasteiger partial charge in [-0.15, -0.1) is 24.0 Å². The smallest absolute Gasteiger partial charge is 0.191 e. The zero-order chi connectivity index (χ0) is 20.5. The number of nitrogens with zero attached hydrogens (tertiary/aromatic N) is 1. The third-order valence-corrected chi connectivity index (χ3v) is 5.63. The van der Waals surface area contributed by atoms with Crippen molar-refractivity contribution >= 4 is 29.9 Å². The molecular formula is C24H34IN3O2. The lowest BCUT2D eigenvalue weighted by molar-refractivity contribution is 0.0513. The molecule has 6 heteroatoms. The number of rotatable bonds is 7. The molecule has 1 saturated heterocycles. The quantitative estimate of drug-likeness (QED) is 0.321. The molecule has 0 spiro atoms. The van der Waals surface area contributed by atoms with Crippen molar-refractivity contribution in [1.82, 2.24) is 10.6 Å². The van der Waals surface area contributed by atoms with Gasteiger partial charge in [0.15, 0.2) is 5.96 Å². The standard InChI is InChI=1S/C24H33N3O2.HI/c1-4-25-23(26-17-20-7-5-19(2)6-8-20)27-18-24(13-15-29-16-14-24)21-9-11-22(28-3)12-10-21;/h5-12H,4,13-18H2,1-3H3,(H2,25,26,27);1H. The van der Waals surface area contributed by atoms with Gasteiger partial charge in [-0.2, -0.15) is 0 Å². The van der Waals surface area contributed by atoms with Gasteiger partial charge in [0.1, 0.15) is 5.75 Å². The Kier molecular flexibility index (Phi) is 9.91. The summed E-state index contributed by atoms with van der Waals surface area (Å²) in [7, 11) is 1.70. The number of ether oxygens (including phenoxy) is 2. The van der Waals surface area contributed by atoms with Gasteiger partial charge in [-0.05, 0) is 49.9 Å². The Morgan fingerprint density at radius 1 is 1.03 bits per heavy atom. The van der Waals surface area contributed by atoms with Crippen molar-refractivity contribution in [3.05, 3.63) is 65.2 Å². The summed E-state index contributed by atoms with van der Waals surface area (Å²) in [4.78, 5) is 4.79. The first kappa shape index (κ1) is 24.5. The highest BCUT2D eigenvalue weighted by Gasteiger charge is 2.34. The molecule has 2 aromatic carbocycles. The first-order chi connectivity index (χ1) is 14.1. The van der Waals surface area contributed by atoms with Crippen molar-refractivity contribution in [1.29, 1.82) is 0 Å². The number of aryl methyl sites for hydroxylation is 1. The minimum Gasteiger partial charge on any atom is -0.497 e. The molecule has 0 saturated carbocycles. The number of methoxy groups -OCH3 is 1. The van der Waals surface area contributed by atoms with E-state index in [2.05, 4.69) is 60.9 Å². The molecule has 1 aliphatic heterocycles. The van der Waals surface area contributed by atoms with E-state index in [0.717, 1.165) is 50.9 Å². The van der Waals surface area contributed by atoms with E-state index >= 15 is 0 Å². The Morgan fingerprint density at radius 3 is 2.30 bits per heavy atom. The second kappa shape index (κ2) is 12.2. The van der Waals surface area contributed by atoms with Gasteiger partial charge in [0.2, 0.25) is 0 Å². The third-order valence-electron chi connectivity index (χ3n) is 5.63. The van der Waals surface area contributed by atoms with Crippen molar-refractivity contribution < 1.29 is 9.47 Å². The zero-order valence-electron chi connectivity index (χ0n) is 18.2. The first-order valence-corrected chi connectivity index (χ1v) is 10.5. The monoisotopic (exact) mass is 523 g/mol. The molecule has 30 heavy (non-hydrogen) atoms. The van der Waals surface area contributed by atoms with E-state index in [4.69, 9.17) is 14.5 Å². The molecular weight excluding hydrogens is 489 g/mol. The minimum absolute atomic E-state index is 0. The van der Waals surface area contributed by atoms with E-state index in [1.54, 1.807) is 7.11 Å². The number of benzene rings is 2. The summed E-state index contributed by atoms with van der Waals surface area (Å²) >= 11 is 0. The molecule has 0 aliphatic carbocycles. The van der Waals surface area contributed by atoms with Crippen molar-refractivity contribution in [2.24, 2.45) is 4.99 Å². The van der Waals surface area contributed by atoms with E-state index < -0.39 is 0 Å². The van der Waals surface area contributed by atoms with Crippen molar-refractivity contribution in [2.45, 2.75) is 38.6 Å². The normalized spacial score (nSPS) is 15.8. The predicted molar refractivity (Wildman–Crippen MR) is 134 cm³/mol. The molecule has 164 valence electrons. The highest BCUT2D eigenvalue weighted by molar-refractivity contribution is 14.0. The van der Waals surface area contributed by atoms with E-state index in [1.165, 1.54) is 16.7 Å². The highest BCUT2D eigenvalue weighted by atomic mass is 127. The Hall–Kier alpha value is -1.80. The molecule has 0 radical (unpaired) electrons. The second-order valence-corrected chi connectivity index (χ2v) is 7.66. The summed E-state index contributed by atoms with van der Waals surface area (Å²) in [6, 6.07) is 17.0. The number of halogens is 1. The summed E-state index contributed by atoms with van der Waals surface area (Å²) in [5.41, 5.74) is 3.83. The number of hydrogen-bond acceptors (Lipinski definition) is 3. The Labute approximate surface area is 197 Å². The molecule has 0 aromatic heterocycles. The van der Waals surface area contributed by atoms with Gasteiger partial charge in [0.25, 0.3) is 0 Å². The number of guanidine groups is 1. The van der Waals surface area contributed by atoms with Gasteiger partial charge in [-0.25, -0.2) is 4.99 Å². The van der Waals surface area contributed by atoms with Crippen LogP contribution in [0.25, 0.3) is 0 Å². The van der Waals surface area contributed by atoms with Gasteiger partial charge >= 0.3 is 0 Å². The van der Waals surface area contributed by atoms with Crippen molar-refractivity contribution in [3.8, 4) is 5.75 Å². The van der Waals surface area contributed by atoms with E-state index in [1.807, 2.05) is 12.1 Å². The van der Waals surface area contributed by atoms with Gasteiger partial charge in [0, 0.05) is 31.7 Å². The van der Waals surface area contributed by atoms with Crippen LogP contribution in [0, 0.1) is 6.92 Å². The first-order valence-electron chi connectivity index (χ1n) is 10.5. The summed E-state index contributed by atoms with van der Waals surface area (Å²) in [6.45, 7) is 8.08. The molecule has 0 amide bonds. The van der Waals surface area contributed by atoms with Crippen LogP contribution in [0.5, 0.6) is 5.75 Å². The molecule has 1 aliphatic rings. The predicted octanol–water partition coefficient (Wildman–Crippen LogP) is 4.43. The highest BCUT2D eigenvalue weighted by Crippen LogP contribution is 2.35. The molecule has 2 aromatic rings. The molecule has 1 fully saturated rings. The fraction of sp³-hybridized carbons (Fsp3) is 0.458. The van der Waals surface area contributed by atoms with Crippen LogP contribution < -0.4 is 15.4 Å². The lowest BCUT2D eigenvalue weighted by Gasteiger charge is -2.38. The Morgan fingerprint density at radius 2 is 1.70 bits per heavy atom. The van der Waals surface area contributed by atoms with Gasteiger partial charge < -0.3 is 20.1 Å². The average molecular weight is 523 g/mol. The van der Waals surface area contributed by atoms with Gasteiger partial charge in [0.05, 0.1) is 13.7 Å². The second-order valence-electron chi connectivity index (χ2n) is 7.66. The van der Waals surface area contributed by atoms with Crippen molar-refractivity contribution in [2.75, 3.05) is 33.4 Å². The zero-order valence-corrected chi connectivity index (χ0v) is 20.6. The molecule has 0 unspecified atom stereocenters. The van der Waals surface area contributed by atoms with Crippen LogP contribution >= 0.6 is 24.0 Å². The largest absolute Gasteiger partial charge is 0.497 e. The number of nitrogens with one attached hydrogen (secondary N) is 2. The summed E-state index contributed by atoms with van der Waals surface area (Å²) in [5.74, 6) is 1.74. The van der Waals surface area contributed by atoms with Crippen LogP contribution in [-0.4, -0.2) is 39.4 Å². The third kappa shape index (κ3) is 6.60. The fourth-order valence-corrected chi connectivity index (χ4v) is 3.73. The van der Waals surface area contributed by atoms with E-state index in [-0.39, 0.29) is 29.4 Å². The van der Waals surface area contributed by atoms with Crippen LogP contribution in [-0.2, 0) is 16.7 Å². The van der Waals surface area contributed by atoms with Crippen LogP contribution in [0.3, 0.4) is 0 Å². The van der Waals surface area contributed by atoms with E-state index in [0.29, 0.717) is 6.54 Å². The van der Waals surface area contributed by atoms with Gasteiger partial charge in [-0.1, -0.05) is 42.0 Å². The average Bonchev–Trinajstić information content (AvgIpc) is 2.77. The summed E-state index contributed by atoms with van der Waals surface area (Å²) < 4.78 is 11.0. The van der Waals surface area contributed by atoms with Crippen molar-refractivity contribution in [3.63, 3.8) is 0 Å². The molecule has 2 N–H and O–H groups in total. The molecule has 1 heterocycles. The van der Waals surface area contributed by atoms with Crippen LogP contribution in [0.4, 0.5) is 0 Å². The lowest BCUT2D eigenvalue weighted by atomic mass is 9.74. The molecule has 0 bridgehead atoms. The number of aliphatic imine (C=N–C) groups is 1. The topological polar surface area (TPSA) is 54.9 Å². The van der Waals surface area contributed by atoms with E-state index in [9.17, 15) is 0 Å². The lowest BCUT2D eigenvalue weighted by Crippen LogP contribution is -2.48.